The lowest BCUT2D eigenvalue weighted by Crippen LogP contribution is -2.43. The number of rotatable bonds is 5. The average Bonchev–Trinajstić information content (AvgIpc) is 2.45. The van der Waals surface area contributed by atoms with Gasteiger partial charge in [-0.2, -0.15) is 0 Å². The van der Waals surface area contributed by atoms with E-state index in [0.29, 0.717) is 6.10 Å². The first-order valence-electron chi connectivity index (χ1n) is 7.01. The predicted octanol–water partition coefficient (Wildman–Crippen LogP) is 2.52. The Morgan fingerprint density at radius 1 is 1.53 bits per heavy atom. The van der Waals surface area contributed by atoms with E-state index >= 15 is 0 Å². The molecule has 2 rings (SSSR count). The highest BCUT2D eigenvalue weighted by molar-refractivity contribution is 7.99. The number of hydrogen-bond acceptors (Lipinski definition) is 4. The maximum atomic E-state index is 5.92. The summed E-state index contributed by atoms with van der Waals surface area (Å²) < 4.78 is 5.82. The summed E-state index contributed by atoms with van der Waals surface area (Å²) in [6.07, 6.45) is 0.345. The van der Waals surface area contributed by atoms with E-state index < -0.39 is 0 Å². The summed E-state index contributed by atoms with van der Waals surface area (Å²) in [6, 6.07) is 8.61. The molecule has 0 saturated carbocycles. The van der Waals surface area contributed by atoms with Crippen molar-refractivity contribution in [2.45, 2.75) is 30.9 Å². The number of likely N-dealkylation sites (N-methyl/N-ethyl adjacent to an activating group) is 1. The lowest BCUT2D eigenvalue weighted by molar-refractivity contribution is -0.0137. The van der Waals surface area contributed by atoms with Crippen LogP contribution in [0, 0.1) is 0 Å². The first kappa shape index (κ1) is 14.9. The van der Waals surface area contributed by atoms with Crippen molar-refractivity contribution >= 4 is 11.8 Å². The second-order valence-corrected chi connectivity index (χ2v) is 6.15. The Kier molecular flexibility index (Phi) is 5.70. The maximum Gasteiger partial charge on any atom is 0.0796 e. The number of benzene rings is 1. The van der Waals surface area contributed by atoms with Crippen LogP contribution < -0.4 is 5.73 Å². The van der Waals surface area contributed by atoms with Crippen LogP contribution in [0.2, 0.25) is 0 Å². The second-order valence-electron chi connectivity index (χ2n) is 5.06. The van der Waals surface area contributed by atoms with Crippen molar-refractivity contribution in [3.05, 3.63) is 29.8 Å². The molecule has 2 unspecified atom stereocenters. The molecule has 0 radical (unpaired) electrons. The summed E-state index contributed by atoms with van der Waals surface area (Å²) >= 11 is 1.86. The van der Waals surface area contributed by atoms with E-state index in [1.807, 2.05) is 18.7 Å². The lowest BCUT2D eigenvalue weighted by Gasteiger charge is -2.31. The van der Waals surface area contributed by atoms with Crippen LogP contribution >= 0.6 is 11.8 Å². The van der Waals surface area contributed by atoms with Gasteiger partial charge in [-0.05, 0) is 31.2 Å². The number of hydrogen-bond donors (Lipinski definition) is 1. The zero-order valence-electron chi connectivity index (χ0n) is 11.8. The van der Waals surface area contributed by atoms with Crippen molar-refractivity contribution in [1.29, 1.82) is 0 Å². The van der Waals surface area contributed by atoms with Gasteiger partial charge in [0, 0.05) is 29.8 Å². The SMILES string of the molecule is CCN1CCOC(CSc2cccc(C(C)N)c2)C1. The van der Waals surface area contributed by atoms with Crippen LogP contribution in [0.4, 0.5) is 0 Å². The molecule has 0 amide bonds. The summed E-state index contributed by atoms with van der Waals surface area (Å²) in [5, 5.41) is 0. The van der Waals surface area contributed by atoms with E-state index in [1.165, 1.54) is 10.5 Å². The molecular formula is C15H24N2OS. The molecule has 19 heavy (non-hydrogen) atoms. The summed E-state index contributed by atoms with van der Waals surface area (Å²) in [5.74, 6) is 1.01. The summed E-state index contributed by atoms with van der Waals surface area (Å²) in [6.45, 7) is 8.33. The molecule has 1 aromatic carbocycles. The zero-order valence-corrected chi connectivity index (χ0v) is 12.7. The second kappa shape index (κ2) is 7.29. The Morgan fingerprint density at radius 3 is 3.11 bits per heavy atom. The van der Waals surface area contributed by atoms with Crippen LogP contribution in [-0.4, -0.2) is 43.0 Å². The van der Waals surface area contributed by atoms with E-state index in [2.05, 4.69) is 36.1 Å². The Morgan fingerprint density at radius 2 is 2.37 bits per heavy atom. The van der Waals surface area contributed by atoms with Crippen molar-refractivity contribution in [2.75, 3.05) is 32.0 Å². The zero-order chi connectivity index (χ0) is 13.7. The minimum absolute atomic E-state index is 0.0991. The molecule has 0 spiro atoms. The van der Waals surface area contributed by atoms with Gasteiger partial charge >= 0.3 is 0 Å². The molecule has 0 aliphatic carbocycles. The van der Waals surface area contributed by atoms with Crippen LogP contribution in [0.1, 0.15) is 25.5 Å². The van der Waals surface area contributed by atoms with Crippen LogP contribution in [0.5, 0.6) is 0 Å². The fraction of sp³-hybridized carbons (Fsp3) is 0.600. The van der Waals surface area contributed by atoms with Gasteiger partial charge in [-0.15, -0.1) is 11.8 Å². The molecule has 0 bridgehead atoms. The molecule has 2 N–H and O–H groups in total. The molecule has 0 aromatic heterocycles. The standard InChI is InChI=1S/C15H24N2OS/c1-3-17-7-8-18-14(10-17)11-19-15-6-4-5-13(9-15)12(2)16/h4-6,9,12,14H,3,7-8,10-11,16H2,1-2H3. The third kappa shape index (κ3) is 4.49. The van der Waals surface area contributed by atoms with Crippen molar-refractivity contribution in [1.82, 2.24) is 4.90 Å². The van der Waals surface area contributed by atoms with Gasteiger partial charge in [0.1, 0.15) is 0 Å². The van der Waals surface area contributed by atoms with Gasteiger partial charge in [-0.3, -0.25) is 4.90 Å². The number of thioether (sulfide) groups is 1. The highest BCUT2D eigenvalue weighted by atomic mass is 32.2. The molecule has 1 saturated heterocycles. The third-order valence-electron chi connectivity index (χ3n) is 3.49. The van der Waals surface area contributed by atoms with E-state index in [-0.39, 0.29) is 6.04 Å². The van der Waals surface area contributed by atoms with Gasteiger partial charge in [0.2, 0.25) is 0 Å². The maximum absolute atomic E-state index is 5.92. The van der Waals surface area contributed by atoms with Crippen molar-refractivity contribution in [2.24, 2.45) is 5.73 Å². The molecule has 1 aliphatic rings. The van der Waals surface area contributed by atoms with Crippen LogP contribution in [-0.2, 0) is 4.74 Å². The molecule has 2 atom stereocenters. The first-order chi connectivity index (χ1) is 9.19. The number of nitrogens with zero attached hydrogens (tertiary/aromatic N) is 1. The monoisotopic (exact) mass is 280 g/mol. The largest absolute Gasteiger partial charge is 0.375 e. The topological polar surface area (TPSA) is 38.5 Å². The Labute approximate surface area is 120 Å². The van der Waals surface area contributed by atoms with Gasteiger partial charge < -0.3 is 10.5 Å². The average molecular weight is 280 g/mol. The minimum atomic E-state index is 0.0991. The first-order valence-corrected chi connectivity index (χ1v) is 8.00. The quantitative estimate of drug-likeness (QED) is 0.841. The Hall–Kier alpha value is -0.550. The van der Waals surface area contributed by atoms with Gasteiger partial charge in [0.05, 0.1) is 12.7 Å². The predicted molar refractivity (Wildman–Crippen MR) is 81.6 cm³/mol. The van der Waals surface area contributed by atoms with Crippen molar-refractivity contribution in [3.8, 4) is 0 Å². The van der Waals surface area contributed by atoms with Gasteiger partial charge in [-0.1, -0.05) is 19.1 Å². The van der Waals surface area contributed by atoms with E-state index in [1.54, 1.807) is 0 Å². The molecular weight excluding hydrogens is 256 g/mol. The number of morpholine rings is 1. The fourth-order valence-corrected chi connectivity index (χ4v) is 3.22. The van der Waals surface area contributed by atoms with E-state index in [4.69, 9.17) is 10.5 Å². The normalized spacial score (nSPS) is 22.4. The van der Waals surface area contributed by atoms with Crippen molar-refractivity contribution in [3.63, 3.8) is 0 Å². The van der Waals surface area contributed by atoms with Crippen molar-refractivity contribution < 1.29 is 4.74 Å². The summed E-state index contributed by atoms with van der Waals surface area (Å²) in [4.78, 5) is 3.74. The molecule has 3 nitrogen and oxygen atoms in total. The molecule has 1 aliphatic heterocycles. The van der Waals surface area contributed by atoms with Gasteiger partial charge in [0.15, 0.2) is 0 Å². The fourth-order valence-electron chi connectivity index (χ4n) is 2.25. The highest BCUT2D eigenvalue weighted by Crippen LogP contribution is 2.23. The van der Waals surface area contributed by atoms with Gasteiger partial charge in [0.25, 0.3) is 0 Å². The Bertz CT molecular complexity index is 397. The van der Waals surface area contributed by atoms with Gasteiger partial charge in [-0.25, -0.2) is 0 Å². The Balaban J connectivity index is 1.86. The van der Waals surface area contributed by atoms with Crippen LogP contribution in [0.25, 0.3) is 0 Å². The van der Waals surface area contributed by atoms with Crippen LogP contribution in [0.3, 0.4) is 0 Å². The summed E-state index contributed by atoms with van der Waals surface area (Å²) in [7, 11) is 0. The molecule has 106 valence electrons. The molecule has 1 fully saturated rings. The van der Waals surface area contributed by atoms with E-state index in [9.17, 15) is 0 Å². The number of ether oxygens (including phenoxy) is 1. The number of nitrogens with two attached hydrogens (primary N) is 1. The summed E-state index contributed by atoms with van der Waals surface area (Å²) in [5.41, 5.74) is 7.12. The van der Waals surface area contributed by atoms with E-state index in [0.717, 1.165) is 32.0 Å². The lowest BCUT2D eigenvalue weighted by atomic mass is 10.1. The highest BCUT2D eigenvalue weighted by Gasteiger charge is 2.19. The molecule has 1 heterocycles. The smallest absolute Gasteiger partial charge is 0.0796 e. The molecule has 4 heteroatoms. The molecule has 1 aromatic rings. The third-order valence-corrected chi connectivity index (χ3v) is 4.62. The van der Waals surface area contributed by atoms with Crippen LogP contribution in [0.15, 0.2) is 29.2 Å². The minimum Gasteiger partial charge on any atom is -0.375 e.